The van der Waals surface area contributed by atoms with Gasteiger partial charge in [-0.15, -0.1) is 0 Å². The molecule has 0 radical (unpaired) electrons. The minimum Gasteiger partial charge on any atom is -0.375 e. The van der Waals surface area contributed by atoms with Crippen molar-refractivity contribution in [2.75, 3.05) is 13.2 Å². The minimum absolute atomic E-state index is 0.240. The fraction of sp³-hybridized carbons (Fsp3) is 0.500. The Balaban J connectivity index is 1.84. The summed E-state index contributed by atoms with van der Waals surface area (Å²) in [5, 5.41) is 3.75. The number of ether oxygens (including phenoxy) is 1. The molecule has 16 heavy (non-hydrogen) atoms. The zero-order chi connectivity index (χ0) is 11.4. The number of nitrogens with one attached hydrogen (secondary N) is 1. The number of hydrogen-bond donors (Lipinski definition) is 1. The van der Waals surface area contributed by atoms with Gasteiger partial charge in [-0.1, -0.05) is 17.7 Å². The summed E-state index contributed by atoms with van der Waals surface area (Å²) < 4.78 is 18.8. The van der Waals surface area contributed by atoms with Gasteiger partial charge in [-0.05, 0) is 31.5 Å². The summed E-state index contributed by atoms with van der Waals surface area (Å²) in [6.45, 7) is 1.91. The summed E-state index contributed by atoms with van der Waals surface area (Å²) in [5.74, 6) is -0.299. The van der Waals surface area contributed by atoms with Gasteiger partial charge in [-0.2, -0.15) is 0 Å². The van der Waals surface area contributed by atoms with E-state index in [-0.39, 0.29) is 12.4 Å². The first-order chi connectivity index (χ1) is 7.77. The van der Waals surface area contributed by atoms with Crippen LogP contribution >= 0.6 is 11.6 Å². The van der Waals surface area contributed by atoms with Crippen LogP contribution in [0.3, 0.4) is 0 Å². The fourth-order valence-electron chi connectivity index (χ4n) is 1.87. The van der Waals surface area contributed by atoms with Gasteiger partial charge in [0, 0.05) is 16.6 Å². The predicted molar refractivity (Wildman–Crippen MR) is 62.1 cm³/mol. The molecule has 0 aromatic heterocycles. The van der Waals surface area contributed by atoms with Crippen LogP contribution in [0.5, 0.6) is 0 Å². The fourth-order valence-corrected chi connectivity index (χ4v) is 2.09. The van der Waals surface area contributed by atoms with Crippen LogP contribution < -0.4 is 5.32 Å². The summed E-state index contributed by atoms with van der Waals surface area (Å²) in [7, 11) is 0. The maximum absolute atomic E-state index is 13.4. The van der Waals surface area contributed by atoms with Gasteiger partial charge >= 0.3 is 0 Å². The lowest BCUT2D eigenvalue weighted by Crippen LogP contribution is -2.26. The van der Waals surface area contributed by atoms with Crippen LogP contribution in [0.1, 0.15) is 18.4 Å². The standard InChI is InChI=1S/C12H15ClFNO/c13-11-4-1-5-12(14)10(11)8-16-7-9-3-2-6-15-9/h1,4-5,9,15H,2-3,6-8H2/t9-/m1/s1. The maximum atomic E-state index is 13.4. The van der Waals surface area contributed by atoms with Crippen molar-refractivity contribution in [2.24, 2.45) is 0 Å². The number of benzene rings is 1. The normalized spacial score (nSPS) is 20.2. The van der Waals surface area contributed by atoms with Crippen molar-refractivity contribution in [2.45, 2.75) is 25.5 Å². The molecule has 0 aliphatic carbocycles. The van der Waals surface area contributed by atoms with E-state index in [1.54, 1.807) is 12.1 Å². The van der Waals surface area contributed by atoms with E-state index in [1.807, 2.05) is 0 Å². The number of hydrogen-bond acceptors (Lipinski definition) is 2. The highest BCUT2D eigenvalue weighted by atomic mass is 35.5. The van der Waals surface area contributed by atoms with E-state index in [4.69, 9.17) is 16.3 Å². The third-order valence-electron chi connectivity index (χ3n) is 2.79. The summed E-state index contributed by atoms with van der Waals surface area (Å²) in [4.78, 5) is 0. The van der Waals surface area contributed by atoms with Gasteiger partial charge in [0.05, 0.1) is 13.2 Å². The van der Waals surface area contributed by atoms with E-state index in [2.05, 4.69) is 5.32 Å². The monoisotopic (exact) mass is 243 g/mol. The van der Waals surface area contributed by atoms with E-state index in [0.717, 1.165) is 13.0 Å². The van der Waals surface area contributed by atoms with Crippen molar-refractivity contribution >= 4 is 11.6 Å². The smallest absolute Gasteiger partial charge is 0.130 e. The lowest BCUT2D eigenvalue weighted by atomic mass is 10.2. The van der Waals surface area contributed by atoms with E-state index in [0.29, 0.717) is 23.2 Å². The third kappa shape index (κ3) is 2.94. The summed E-state index contributed by atoms with van der Waals surface area (Å²) in [6.07, 6.45) is 2.32. The molecular formula is C12H15ClFNO. The summed E-state index contributed by atoms with van der Waals surface area (Å²) in [5.41, 5.74) is 0.446. The molecule has 0 saturated carbocycles. The second kappa shape index (κ2) is 5.62. The largest absolute Gasteiger partial charge is 0.375 e. The molecule has 1 saturated heterocycles. The van der Waals surface area contributed by atoms with Crippen molar-refractivity contribution in [3.05, 3.63) is 34.6 Å². The Morgan fingerprint density at radius 3 is 3.06 bits per heavy atom. The van der Waals surface area contributed by atoms with Gasteiger partial charge in [0.2, 0.25) is 0 Å². The molecule has 1 aliphatic rings. The van der Waals surface area contributed by atoms with Crippen LogP contribution in [0, 0.1) is 5.82 Å². The van der Waals surface area contributed by atoms with Gasteiger partial charge in [0.25, 0.3) is 0 Å². The van der Waals surface area contributed by atoms with Crippen molar-refractivity contribution in [1.82, 2.24) is 5.32 Å². The molecule has 0 amide bonds. The van der Waals surface area contributed by atoms with Gasteiger partial charge in [-0.3, -0.25) is 0 Å². The van der Waals surface area contributed by atoms with E-state index in [1.165, 1.54) is 12.5 Å². The Bertz CT molecular complexity index is 333. The van der Waals surface area contributed by atoms with Gasteiger partial charge < -0.3 is 10.1 Å². The lowest BCUT2D eigenvalue weighted by Gasteiger charge is -2.11. The third-order valence-corrected chi connectivity index (χ3v) is 3.14. The maximum Gasteiger partial charge on any atom is 0.130 e. The second-order valence-electron chi connectivity index (χ2n) is 4.01. The van der Waals surface area contributed by atoms with Crippen LogP contribution in [0.25, 0.3) is 0 Å². The van der Waals surface area contributed by atoms with Gasteiger partial charge in [-0.25, -0.2) is 4.39 Å². The average molecular weight is 244 g/mol. The molecule has 4 heteroatoms. The molecule has 2 rings (SSSR count). The quantitative estimate of drug-likeness (QED) is 0.878. The first-order valence-electron chi connectivity index (χ1n) is 5.51. The average Bonchev–Trinajstić information content (AvgIpc) is 2.75. The molecule has 1 fully saturated rings. The SMILES string of the molecule is Fc1cccc(Cl)c1COC[C@H]1CCCN1. The van der Waals surface area contributed by atoms with Crippen molar-refractivity contribution < 1.29 is 9.13 Å². The number of rotatable bonds is 4. The first kappa shape index (κ1) is 11.8. The van der Waals surface area contributed by atoms with E-state index >= 15 is 0 Å². The highest BCUT2D eigenvalue weighted by Crippen LogP contribution is 2.20. The zero-order valence-corrected chi connectivity index (χ0v) is 9.77. The van der Waals surface area contributed by atoms with Crippen molar-refractivity contribution in [3.63, 3.8) is 0 Å². The Morgan fingerprint density at radius 1 is 1.50 bits per heavy atom. The Kier molecular flexibility index (Phi) is 4.16. The molecule has 0 unspecified atom stereocenters. The Labute approximate surface area is 99.7 Å². The molecule has 88 valence electrons. The van der Waals surface area contributed by atoms with Crippen molar-refractivity contribution in [1.29, 1.82) is 0 Å². The van der Waals surface area contributed by atoms with Crippen LogP contribution in [-0.2, 0) is 11.3 Å². The molecule has 0 bridgehead atoms. The predicted octanol–water partition coefficient (Wildman–Crippen LogP) is 2.75. The van der Waals surface area contributed by atoms with Crippen molar-refractivity contribution in [3.8, 4) is 0 Å². The van der Waals surface area contributed by atoms with Gasteiger partial charge in [0.1, 0.15) is 5.82 Å². The highest BCUT2D eigenvalue weighted by Gasteiger charge is 2.14. The van der Waals surface area contributed by atoms with E-state index < -0.39 is 0 Å². The van der Waals surface area contributed by atoms with Crippen LogP contribution in [0.15, 0.2) is 18.2 Å². The lowest BCUT2D eigenvalue weighted by molar-refractivity contribution is 0.101. The molecular weight excluding hydrogens is 229 g/mol. The minimum atomic E-state index is -0.299. The summed E-state index contributed by atoms with van der Waals surface area (Å²) in [6, 6.07) is 5.08. The molecule has 0 spiro atoms. The highest BCUT2D eigenvalue weighted by molar-refractivity contribution is 6.31. The molecule has 1 aromatic rings. The van der Waals surface area contributed by atoms with E-state index in [9.17, 15) is 4.39 Å². The molecule has 1 aliphatic heterocycles. The second-order valence-corrected chi connectivity index (χ2v) is 4.42. The van der Waals surface area contributed by atoms with Gasteiger partial charge in [0.15, 0.2) is 0 Å². The molecule has 2 nitrogen and oxygen atoms in total. The van der Waals surface area contributed by atoms with Crippen LogP contribution in [0.4, 0.5) is 4.39 Å². The molecule has 1 N–H and O–H groups in total. The Hall–Kier alpha value is -0.640. The zero-order valence-electron chi connectivity index (χ0n) is 9.01. The molecule has 1 heterocycles. The first-order valence-corrected chi connectivity index (χ1v) is 5.89. The summed E-state index contributed by atoms with van der Waals surface area (Å²) >= 11 is 5.89. The number of halogens is 2. The Morgan fingerprint density at radius 2 is 2.38 bits per heavy atom. The van der Waals surface area contributed by atoms with Crippen LogP contribution in [-0.4, -0.2) is 19.2 Å². The topological polar surface area (TPSA) is 21.3 Å². The molecule has 1 atom stereocenters. The van der Waals surface area contributed by atoms with Crippen LogP contribution in [0.2, 0.25) is 5.02 Å². The molecule has 1 aromatic carbocycles.